The summed E-state index contributed by atoms with van der Waals surface area (Å²) in [5.74, 6) is 0. The molecule has 1 fully saturated rings. The molecular formula is C12H25N3O. The number of piperidine rings is 1. The van der Waals surface area contributed by atoms with Gasteiger partial charge in [0, 0.05) is 31.7 Å². The van der Waals surface area contributed by atoms with E-state index in [0.29, 0.717) is 12.1 Å². The molecule has 16 heavy (non-hydrogen) atoms. The normalized spacial score (nSPS) is 18.8. The molecule has 4 heteroatoms. The Morgan fingerprint density at radius 2 is 2.00 bits per heavy atom. The van der Waals surface area contributed by atoms with Crippen LogP contribution in [-0.4, -0.2) is 42.6 Å². The monoisotopic (exact) mass is 227 g/mol. The molecule has 4 nitrogen and oxygen atoms in total. The highest BCUT2D eigenvalue weighted by Gasteiger charge is 2.21. The summed E-state index contributed by atoms with van der Waals surface area (Å²) in [7, 11) is 0. The largest absolute Gasteiger partial charge is 0.338 e. The number of likely N-dealkylation sites (tertiary alicyclic amines) is 1. The van der Waals surface area contributed by atoms with E-state index in [2.05, 4.69) is 36.3 Å². The van der Waals surface area contributed by atoms with Crippen LogP contribution in [0, 0.1) is 0 Å². The standard InChI is InChI=1S/C12H25N3O/c1-4-7-13-12(16)14-11-5-8-15(9-6-11)10(2)3/h10-11H,4-9H2,1-3H3,(H2,13,14,16). The summed E-state index contributed by atoms with van der Waals surface area (Å²) in [6, 6.07) is 0.964. The van der Waals surface area contributed by atoms with E-state index in [1.807, 2.05) is 0 Å². The maximum atomic E-state index is 11.4. The Morgan fingerprint density at radius 3 is 2.50 bits per heavy atom. The smallest absolute Gasteiger partial charge is 0.315 e. The van der Waals surface area contributed by atoms with E-state index >= 15 is 0 Å². The Morgan fingerprint density at radius 1 is 1.38 bits per heavy atom. The Balaban J connectivity index is 2.19. The molecule has 0 aromatic rings. The second kappa shape index (κ2) is 6.74. The number of nitrogens with one attached hydrogen (secondary N) is 2. The van der Waals surface area contributed by atoms with Gasteiger partial charge in [-0.2, -0.15) is 0 Å². The lowest BCUT2D eigenvalue weighted by Crippen LogP contribution is -2.49. The maximum absolute atomic E-state index is 11.4. The van der Waals surface area contributed by atoms with Gasteiger partial charge < -0.3 is 15.5 Å². The van der Waals surface area contributed by atoms with Gasteiger partial charge in [-0.3, -0.25) is 0 Å². The van der Waals surface area contributed by atoms with Gasteiger partial charge in [0.2, 0.25) is 0 Å². The predicted octanol–water partition coefficient (Wildman–Crippen LogP) is 1.57. The molecule has 0 saturated carbocycles. The Bertz CT molecular complexity index is 210. The third-order valence-electron chi connectivity index (χ3n) is 3.13. The summed E-state index contributed by atoms with van der Waals surface area (Å²) in [6.45, 7) is 9.45. The lowest BCUT2D eigenvalue weighted by Gasteiger charge is -2.34. The van der Waals surface area contributed by atoms with Crippen molar-refractivity contribution in [1.82, 2.24) is 15.5 Å². The summed E-state index contributed by atoms with van der Waals surface area (Å²) < 4.78 is 0. The molecule has 0 spiro atoms. The number of amides is 2. The molecule has 1 saturated heterocycles. The van der Waals surface area contributed by atoms with E-state index in [9.17, 15) is 4.79 Å². The summed E-state index contributed by atoms with van der Waals surface area (Å²) in [5, 5.41) is 5.89. The Labute approximate surface area is 98.8 Å². The fourth-order valence-electron chi connectivity index (χ4n) is 2.04. The number of rotatable bonds is 4. The van der Waals surface area contributed by atoms with Crippen LogP contribution in [0.3, 0.4) is 0 Å². The van der Waals surface area contributed by atoms with Crippen molar-refractivity contribution in [2.24, 2.45) is 0 Å². The quantitative estimate of drug-likeness (QED) is 0.765. The minimum absolute atomic E-state index is 0.00940. The molecule has 0 atom stereocenters. The minimum atomic E-state index is -0.00940. The first-order valence-corrected chi connectivity index (χ1v) is 6.42. The summed E-state index contributed by atoms with van der Waals surface area (Å²) in [6.07, 6.45) is 3.12. The van der Waals surface area contributed by atoms with Crippen molar-refractivity contribution in [3.8, 4) is 0 Å². The first kappa shape index (κ1) is 13.3. The van der Waals surface area contributed by atoms with Crippen molar-refractivity contribution in [3.05, 3.63) is 0 Å². The molecule has 1 aliphatic rings. The van der Waals surface area contributed by atoms with Gasteiger partial charge in [0.1, 0.15) is 0 Å². The summed E-state index contributed by atoms with van der Waals surface area (Å²) in [4.78, 5) is 13.9. The number of hydrogen-bond acceptors (Lipinski definition) is 2. The van der Waals surface area contributed by atoms with Gasteiger partial charge in [0.05, 0.1) is 0 Å². The first-order valence-electron chi connectivity index (χ1n) is 6.42. The number of nitrogens with zero attached hydrogens (tertiary/aromatic N) is 1. The SMILES string of the molecule is CCCNC(=O)NC1CCN(C(C)C)CC1. The van der Waals surface area contributed by atoms with Crippen LogP contribution < -0.4 is 10.6 Å². The zero-order valence-corrected chi connectivity index (χ0v) is 10.8. The number of carbonyl (C=O) groups is 1. The lowest BCUT2D eigenvalue weighted by molar-refractivity contribution is 0.161. The van der Waals surface area contributed by atoms with Crippen LogP contribution >= 0.6 is 0 Å². The molecule has 94 valence electrons. The van der Waals surface area contributed by atoms with Gasteiger partial charge in [-0.05, 0) is 33.1 Å². The van der Waals surface area contributed by atoms with Crippen LogP contribution in [0.15, 0.2) is 0 Å². The number of carbonyl (C=O) groups excluding carboxylic acids is 1. The average molecular weight is 227 g/mol. The van der Waals surface area contributed by atoms with Crippen LogP contribution in [0.4, 0.5) is 4.79 Å². The van der Waals surface area contributed by atoms with Crippen LogP contribution in [0.25, 0.3) is 0 Å². The van der Waals surface area contributed by atoms with Crippen molar-refractivity contribution >= 4 is 6.03 Å². The van der Waals surface area contributed by atoms with Crippen LogP contribution in [0.2, 0.25) is 0 Å². The van der Waals surface area contributed by atoms with Crippen molar-refractivity contribution < 1.29 is 4.79 Å². The second-order valence-corrected chi connectivity index (χ2v) is 4.80. The zero-order chi connectivity index (χ0) is 12.0. The average Bonchev–Trinajstić information content (AvgIpc) is 2.27. The molecular weight excluding hydrogens is 202 g/mol. The third-order valence-corrected chi connectivity index (χ3v) is 3.13. The lowest BCUT2D eigenvalue weighted by atomic mass is 10.0. The van der Waals surface area contributed by atoms with E-state index in [4.69, 9.17) is 0 Å². The highest BCUT2D eigenvalue weighted by molar-refractivity contribution is 5.74. The minimum Gasteiger partial charge on any atom is -0.338 e. The van der Waals surface area contributed by atoms with E-state index in [-0.39, 0.29) is 6.03 Å². The van der Waals surface area contributed by atoms with E-state index in [1.165, 1.54) is 0 Å². The van der Waals surface area contributed by atoms with Crippen molar-refractivity contribution in [2.45, 2.75) is 52.1 Å². The highest BCUT2D eigenvalue weighted by Crippen LogP contribution is 2.12. The van der Waals surface area contributed by atoms with E-state index < -0.39 is 0 Å². The van der Waals surface area contributed by atoms with Crippen LogP contribution in [-0.2, 0) is 0 Å². The van der Waals surface area contributed by atoms with Crippen molar-refractivity contribution in [2.75, 3.05) is 19.6 Å². The molecule has 2 N–H and O–H groups in total. The molecule has 0 aromatic carbocycles. The zero-order valence-electron chi connectivity index (χ0n) is 10.8. The van der Waals surface area contributed by atoms with Crippen LogP contribution in [0.5, 0.6) is 0 Å². The van der Waals surface area contributed by atoms with Gasteiger partial charge in [-0.15, -0.1) is 0 Å². The highest BCUT2D eigenvalue weighted by atomic mass is 16.2. The van der Waals surface area contributed by atoms with Crippen molar-refractivity contribution in [1.29, 1.82) is 0 Å². The van der Waals surface area contributed by atoms with Gasteiger partial charge in [0.25, 0.3) is 0 Å². The van der Waals surface area contributed by atoms with Crippen LogP contribution in [0.1, 0.15) is 40.0 Å². The fourth-order valence-corrected chi connectivity index (χ4v) is 2.04. The predicted molar refractivity (Wildman–Crippen MR) is 66.6 cm³/mol. The first-order chi connectivity index (χ1) is 7.63. The van der Waals surface area contributed by atoms with Gasteiger partial charge in [-0.1, -0.05) is 6.92 Å². The van der Waals surface area contributed by atoms with Gasteiger partial charge in [0.15, 0.2) is 0 Å². The second-order valence-electron chi connectivity index (χ2n) is 4.80. The molecule has 0 aliphatic carbocycles. The molecule has 0 aromatic heterocycles. The fraction of sp³-hybridized carbons (Fsp3) is 0.917. The Hall–Kier alpha value is -0.770. The summed E-state index contributed by atoms with van der Waals surface area (Å²) in [5.41, 5.74) is 0. The number of hydrogen-bond donors (Lipinski definition) is 2. The van der Waals surface area contributed by atoms with E-state index in [1.54, 1.807) is 0 Å². The topological polar surface area (TPSA) is 44.4 Å². The van der Waals surface area contributed by atoms with Gasteiger partial charge >= 0.3 is 6.03 Å². The maximum Gasteiger partial charge on any atom is 0.315 e. The molecule has 0 unspecified atom stereocenters. The molecule has 0 radical (unpaired) electrons. The van der Waals surface area contributed by atoms with Crippen molar-refractivity contribution in [3.63, 3.8) is 0 Å². The number of urea groups is 1. The summed E-state index contributed by atoms with van der Waals surface area (Å²) >= 11 is 0. The van der Waals surface area contributed by atoms with Gasteiger partial charge in [-0.25, -0.2) is 4.79 Å². The molecule has 1 rings (SSSR count). The third kappa shape index (κ3) is 4.39. The molecule has 1 heterocycles. The molecule has 0 bridgehead atoms. The van der Waals surface area contributed by atoms with E-state index in [0.717, 1.165) is 38.9 Å². The Kier molecular flexibility index (Phi) is 5.60. The molecule has 2 amide bonds. The molecule has 1 aliphatic heterocycles.